The maximum atomic E-state index is 13.3. The molecule has 1 N–H and O–H groups in total. The van der Waals surface area contributed by atoms with Gasteiger partial charge in [0.25, 0.3) is 0 Å². The minimum atomic E-state index is -0.851. The second-order valence-corrected chi connectivity index (χ2v) is 7.45. The zero-order valence-electron chi connectivity index (χ0n) is 15.9. The molecule has 0 aliphatic carbocycles. The lowest BCUT2D eigenvalue weighted by atomic mass is 9.92. The van der Waals surface area contributed by atoms with E-state index in [0.717, 1.165) is 16.6 Å². The van der Waals surface area contributed by atoms with Gasteiger partial charge in [0, 0.05) is 12.5 Å². The summed E-state index contributed by atoms with van der Waals surface area (Å²) in [4.78, 5) is 30.6. The van der Waals surface area contributed by atoms with Gasteiger partial charge in [-0.05, 0) is 55.8 Å². The van der Waals surface area contributed by atoms with Gasteiger partial charge >= 0.3 is 5.97 Å². The smallest absolute Gasteiger partial charge is 0.317 e. The minimum absolute atomic E-state index is 0.00396. The van der Waals surface area contributed by atoms with Crippen molar-refractivity contribution in [2.45, 2.75) is 19.4 Å². The summed E-state index contributed by atoms with van der Waals surface area (Å²) in [6.45, 7) is 1.60. The van der Waals surface area contributed by atoms with Crippen LogP contribution in [-0.4, -0.2) is 50.9 Å². The van der Waals surface area contributed by atoms with Crippen molar-refractivity contribution in [3.05, 3.63) is 65.7 Å². The predicted octanol–water partition coefficient (Wildman–Crippen LogP) is 3.20. The van der Waals surface area contributed by atoms with E-state index in [0.29, 0.717) is 38.3 Å². The summed E-state index contributed by atoms with van der Waals surface area (Å²) < 4.78 is 15.2. The van der Waals surface area contributed by atoms with Crippen LogP contribution in [0.2, 0.25) is 0 Å². The summed E-state index contributed by atoms with van der Waals surface area (Å²) >= 11 is 0. The molecule has 2 heterocycles. The summed E-state index contributed by atoms with van der Waals surface area (Å²) in [6.07, 6.45) is 1.23. The standard InChI is InChI=1S/C22H22FN3O3/c23-17-7-5-15(6-8-17)13-26-19-4-2-1-3-18(19)24-22(26)21(29)16-9-11-25(12-10-16)14-20(27)28/h1-8,16H,9-14H2,(H,27,28). The number of fused-ring (bicyclic) bond motifs is 1. The molecule has 7 heteroatoms. The second-order valence-electron chi connectivity index (χ2n) is 7.45. The highest BCUT2D eigenvalue weighted by Gasteiger charge is 2.30. The molecule has 1 aliphatic rings. The van der Waals surface area contributed by atoms with Crippen molar-refractivity contribution in [3.63, 3.8) is 0 Å². The maximum absolute atomic E-state index is 13.3. The van der Waals surface area contributed by atoms with E-state index in [2.05, 4.69) is 4.98 Å². The van der Waals surface area contributed by atoms with Crippen molar-refractivity contribution in [2.75, 3.05) is 19.6 Å². The van der Waals surface area contributed by atoms with Gasteiger partial charge in [-0.1, -0.05) is 24.3 Å². The van der Waals surface area contributed by atoms with Gasteiger partial charge in [-0.25, -0.2) is 9.37 Å². The van der Waals surface area contributed by atoms with E-state index in [1.165, 1.54) is 12.1 Å². The Balaban J connectivity index is 1.60. The molecule has 2 aromatic carbocycles. The summed E-state index contributed by atoms with van der Waals surface area (Å²) in [5, 5.41) is 8.95. The number of nitrogens with zero attached hydrogens (tertiary/aromatic N) is 3. The number of imidazole rings is 1. The minimum Gasteiger partial charge on any atom is -0.480 e. The monoisotopic (exact) mass is 395 g/mol. The highest BCUT2D eigenvalue weighted by Crippen LogP contribution is 2.25. The van der Waals surface area contributed by atoms with Crippen molar-refractivity contribution < 1.29 is 19.1 Å². The SMILES string of the molecule is O=C(O)CN1CCC(C(=O)c2nc3ccccc3n2Cc2ccc(F)cc2)CC1. The lowest BCUT2D eigenvalue weighted by Gasteiger charge is -2.29. The number of carbonyl (C=O) groups excluding carboxylic acids is 1. The molecule has 150 valence electrons. The Morgan fingerprint density at radius 1 is 1.07 bits per heavy atom. The highest BCUT2D eigenvalue weighted by atomic mass is 19.1. The number of likely N-dealkylation sites (tertiary alicyclic amines) is 1. The first-order valence-corrected chi connectivity index (χ1v) is 9.69. The molecule has 0 unspecified atom stereocenters. The lowest BCUT2D eigenvalue weighted by molar-refractivity contribution is -0.138. The maximum Gasteiger partial charge on any atom is 0.317 e. The van der Waals surface area contributed by atoms with Gasteiger partial charge in [-0.15, -0.1) is 0 Å². The number of aromatic nitrogens is 2. The number of Topliss-reactive ketones (excluding diaryl/α,β-unsaturated/α-hetero) is 1. The molecule has 1 saturated heterocycles. The van der Waals surface area contributed by atoms with E-state index in [1.54, 1.807) is 12.1 Å². The first kappa shape index (κ1) is 19.3. The normalized spacial score (nSPS) is 15.6. The van der Waals surface area contributed by atoms with Crippen molar-refractivity contribution >= 4 is 22.8 Å². The van der Waals surface area contributed by atoms with Gasteiger partial charge in [0.15, 0.2) is 5.82 Å². The number of rotatable bonds is 6. The van der Waals surface area contributed by atoms with Crippen molar-refractivity contribution in [1.82, 2.24) is 14.5 Å². The van der Waals surface area contributed by atoms with E-state index >= 15 is 0 Å². The first-order valence-electron chi connectivity index (χ1n) is 9.69. The summed E-state index contributed by atoms with van der Waals surface area (Å²) in [6, 6.07) is 13.8. The third kappa shape index (κ3) is 4.19. The summed E-state index contributed by atoms with van der Waals surface area (Å²) in [5.41, 5.74) is 2.50. The number of halogens is 1. The Kier molecular flexibility index (Phi) is 5.40. The average molecular weight is 395 g/mol. The first-order chi connectivity index (χ1) is 14.0. The average Bonchev–Trinajstić information content (AvgIpc) is 3.08. The van der Waals surface area contributed by atoms with Crippen molar-refractivity contribution in [3.8, 4) is 0 Å². The van der Waals surface area contributed by atoms with Gasteiger partial charge in [0.1, 0.15) is 5.82 Å². The number of aliphatic carboxylic acids is 1. The zero-order chi connectivity index (χ0) is 20.4. The number of piperidine rings is 1. The van der Waals surface area contributed by atoms with Crippen molar-refractivity contribution in [1.29, 1.82) is 0 Å². The molecule has 0 spiro atoms. The number of carboxylic acids is 1. The molecule has 4 rings (SSSR count). The Bertz CT molecular complexity index is 1040. The second kappa shape index (κ2) is 8.13. The number of hydrogen-bond acceptors (Lipinski definition) is 4. The fourth-order valence-corrected chi connectivity index (χ4v) is 3.92. The molecule has 1 aliphatic heterocycles. The molecule has 6 nitrogen and oxygen atoms in total. The fraction of sp³-hybridized carbons (Fsp3) is 0.318. The van der Waals surface area contributed by atoms with Crippen LogP contribution < -0.4 is 0 Å². The molecule has 0 saturated carbocycles. The van der Waals surface area contributed by atoms with E-state index in [9.17, 15) is 14.0 Å². The topological polar surface area (TPSA) is 75.4 Å². The number of para-hydroxylation sites is 2. The van der Waals surface area contributed by atoms with Gasteiger partial charge in [0.2, 0.25) is 5.78 Å². The Morgan fingerprint density at radius 2 is 1.76 bits per heavy atom. The molecule has 1 aromatic heterocycles. The van der Waals surface area contributed by atoms with Crippen molar-refractivity contribution in [2.24, 2.45) is 5.92 Å². The molecule has 29 heavy (non-hydrogen) atoms. The third-order valence-electron chi connectivity index (χ3n) is 5.45. The molecular formula is C22H22FN3O3. The number of hydrogen-bond donors (Lipinski definition) is 1. The number of benzene rings is 2. The van der Waals surface area contributed by atoms with Crippen LogP contribution >= 0.6 is 0 Å². The number of carbonyl (C=O) groups is 2. The molecule has 1 fully saturated rings. The Morgan fingerprint density at radius 3 is 2.45 bits per heavy atom. The lowest BCUT2D eigenvalue weighted by Crippen LogP contribution is -2.39. The molecule has 3 aromatic rings. The van der Waals surface area contributed by atoms with Crippen LogP contribution in [0.1, 0.15) is 29.0 Å². The molecule has 0 amide bonds. The fourth-order valence-electron chi connectivity index (χ4n) is 3.92. The Hall–Kier alpha value is -3.06. The highest BCUT2D eigenvalue weighted by molar-refractivity contribution is 5.98. The largest absolute Gasteiger partial charge is 0.480 e. The van der Waals surface area contributed by atoms with Crippen LogP contribution in [0.3, 0.4) is 0 Å². The predicted molar refractivity (Wildman–Crippen MR) is 106 cm³/mol. The van der Waals surface area contributed by atoms with Gasteiger partial charge in [-0.2, -0.15) is 0 Å². The third-order valence-corrected chi connectivity index (χ3v) is 5.45. The van der Waals surface area contributed by atoms with E-state index < -0.39 is 5.97 Å². The van der Waals surface area contributed by atoms with Crippen LogP contribution in [0.15, 0.2) is 48.5 Å². The van der Waals surface area contributed by atoms with E-state index in [4.69, 9.17) is 5.11 Å². The number of ketones is 1. The summed E-state index contributed by atoms with van der Waals surface area (Å²) in [5.74, 6) is -0.932. The van der Waals surface area contributed by atoms with Gasteiger partial charge in [0.05, 0.1) is 17.6 Å². The summed E-state index contributed by atoms with van der Waals surface area (Å²) in [7, 11) is 0. The molecule has 0 atom stereocenters. The van der Waals surface area contributed by atoms with Crippen LogP contribution in [0, 0.1) is 11.7 Å². The number of carboxylic acid groups (broad SMARTS) is 1. The quantitative estimate of drug-likeness (QED) is 0.649. The van der Waals surface area contributed by atoms with Gasteiger partial charge < -0.3 is 9.67 Å². The van der Waals surface area contributed by atoms with Crippen LogP contribution in [-0.2, 0) is 11.3 Å². The van der Waals surface area contributed by atoms with E-state index in [-0.39, 0.29) is 24.1 Å². The molecule has 0 bridgehead atoms. The van der Waals surface area contributed by atoms with Crippen LogP contribution in [0.4, 0.5) is 4.39 Å². The van der Waals surface area contributed by atoms with Gasteiger partial charge in [-0.3, -0.25) is 14.5 Å². The van der Waals surface area contributed by atoms with Crippen LogP contribution in [0.5, 0.6) is 0 Å². The van der Waals surface area contributed by atoms with Crippen LogP contribution in [0.25, 0.3) is 11.0 Å². The molecule has 0 radical (unpaired) electrons. The zero-order valence-corrected chi connectivity index (χ0v) is 15.9. The van der Waals surface area contributed by atoms with E-state index in [1.807, 2.05) is 33.7 Å². The Labute approximate surface area is 167 Å². The molecular weight excluding hydrogens is 373 g/mol.